The average molecular weight is 251 g/mol. The highest BCUT2D eigenvalue weighted by molar-refractivity contribution is 5.98. The van der Waals surface area contributed by atoms with Gasteiger partial charge in [0, 0.05) is 18.8 Å². The molecule has 2 rings (SSSR count). The van der Waals surface area contributed by atoms with Gasteiger partial charge in [-0.2, -0.15) is 5.10 Å². The van der Waals surface area contributed by atoms with Gasteiger partial charge in [-0.25, -0.2) is 0 Å². The summed E-state index contributed by atoms with van der Waals surface area (Å²) in [5.41, 5.74) is 1.95. The Labute approximate surface area is 105 Å². The molecule has 0 aliphatic heterocycles. The number of aryl methyl sites for hydroxylation is 2. The summed E-state index contributed by atoms with van der Waals surface area (Å²) in [6.07, 6.45) is 1.77. The first-order valence-corrected chi connectivity index (χ1v) is 5.94. The Bertz CT molecular complexity index is 503. The molecule has 1 aromatic heterocycles. The van der Waals surface area contributed by atoms with Crippen molar-refractivity contribution in [2.24, 2.45) is 7.05 Å². The van der Waals surface area contributed by atoms with Gasteiger partial charge < -0.3 is 10.0 Å². The van der Waals surface area contributed by atoms with E-state index >= 15 is 0 Å². The van der Waals surface area contributed by atoms with Crippen molar-refractivity contribution in [3.8, 4) is 0 Å². The third-order valence-corrected chi connectivity index (χ3v) is 3.28. The number of aliphatic carboxylic acids is 1. The van der Waals surface area contributed by atoms with Gasteiger partial charge in [0.25, 0.3) is 5.91 Å². The van der Waals surface area contributed by atoms with E-state index in [4.69, 9.17) is 5.11 Å². The zero-order valence-corrected chi connectivity index (χ0v) is 10.8. The van der Waals surface area contributed by atoms with E-state index in [1.165, 1.54) is 4.90 Å². The van der Waals surface area contributed by atoms with E-state index in [2.05, 4.69) is 5.10 Å². The smallest absolute Gasteiger partial charge is 0.323 e. The Hall–Kier alpha value is -1.85. The molecule has 0 radical (unpaired) electrons. The minimum atomic E-state index is -0.977. The number of carbonyl (C=O) groups is 2. The van der Waals surface area contributed by atoms with Crippen LogP contribution in [0, 0.1) is 13.8 Å². The molecule has 98 valence electrons. The summed E-state index contributed by atoms with van der Waals surface area (Å²) in [6.45, 7) is 3.35. The van der Waals surface area contributed by atoms with Crippen LogP contribution in [0.1, 0.15) is 34.6 Å². The molecule has 1 saturated carbocycles. The van der Waals surface area contributed by atoms with Gasteiger partial charge in [-0.1, -0.05) is 0 Å². The summed E-state index contributed by atoms with van der Waals surface area (Å²) in [4.78, 5) is 24.7. The highest BCUT2D eigenvalue weighted by Crippen LogP contribution is 2.29. The topological polar surface area (TPSA) is 75.4 Å². The van der Waals surface area contributed by atoms with E-state index in [0.717, 1.165) is 18.5 Å². The predicted octanol–water partition coefficient (Wildman–Crippen LogP) is 0.726. The molecular formula is C12H17N3O3. The number of hydrogen-bond donors (Lipinski definition) is 1. The third kappa shape index (κ3) is 2.23. The number of nitrogens with zero attached hydrogens (tertiary/aromatic N) is 3. The maximum absolute atomic E-state index is 12.4. The quantitative estimate of drug-likeness (QED) is 0.855. The molecule has 0 spiro atoms. The molecule has 1 amide bonds. The monoisotopic (exact) mass is 251 g/mol. The SMILES string of the molecule is Cc1nn(C)c(C)c1C(=O)N(CC(=O)O)C1CC1. The number of rotatable bonds is 4. The zero-order chi connectivity index (χ0) is 13.4. The lowest BCUT2D eigenvalue weighted by atomic mass is 10.1. The zero-order valence-electron chi connectivity index (χ0n) is 10.8. The second-order valence-corrected chi connectivity index (χ2v) is 4.73. The van der Waals surface area contributed by atoms with Crippen molar-refractivity contribution in [2.45, 2.75) is 32.7 Å². The number of aromatic nitrogens is 2. The lowest BCUT2D eigenvalue weighted by Gasteiger charge is -2.20. The lowest BCUT2D eigenvalue weighted by molar-refractivity contribution is -0.137. The molecule has 1 aliphatic carbocycles. The molecule has 1 heterocycles. The van der Waals surface area contributed by atoms with E-state index in [9.17, 15) is 9.59 Å². The van der Waals surface area contributed by atoms with Gasteiger partial charge in [0.05, 0.1) is 11.3 Å². The number of carbonyl (C=O) groups excluding carboxylic acids is 1. The molecule has 0 atom stereocenters. The van der Waals surface area contributed by atoms with E-state index in [-0.39, 0.29) is 18.5 Å². The van der Waals surface area contributed by atoms with Crippen LogP contribution >= 0.6 is 0 Å². The maximum atomic E-state index is 12.4. The van der Waals surface area contributed by atoms with Gasteiger partial charge in [-0.15, -0.1) is 0 Å². The van der Waals surface area contributed by atoms with Gasteiger partial charge in [-0.05, 0) is 26.7 Å². The molecule has 6 nitrogen and oxygen atoms in total. The van der Waals surface area contributed by atoms with E-state index in [1.54, 1.807) is 18.7 Å². The van der Waals surface area contributed by atoms with Crippen molar-refractivity contribution >= 4 is 11.9 Å². The fraction of sp³-hybridized carbons (Fsp3) is 0.583. The minimum Gasteiger partial charge on any atom is -0.480 e. The van der Waals surface area contributed by atoms with Gasteiger partial charge >= 0.3 is 5.97 Å². The lowest BCUT2D eigenvalue weighted by Crippen LogP contribution is -2.38. The average Bonchev–Trinajstić information content (AvgIpc) is 3.05. The number of hydrogen-bond acceptors (Lipinski definition) is 3. The second-order valence-electron chi connectivity index (χ2n) is 4.73. The van der Waals surface area contributed by atoms with Gasteiger partial charge in [0.15, 0.2) is 0 Å². The van der Waals surface area contributed by atoms with Crippen LogP contribution in [-0.4, -0.2) is 44.3 Å². The van der Waals surface area contributed by atoms with Crippen LogP contribution in [0.25, 0.3) is 0 Å². The molecule has 1 N–H and O–H groups in total. The summed E-state index contributed by atoms with van der Waals surface area (Å²) in [6, 6.07) is 0.0765. The molecule has 0 bridgehead atoms. The predicted molar refractivity (Wildman–Crippen MR) is 64.4 cm³/mol. The maximum Gasteiger partial charge on any atom is 0.323 e. The Morgan fingerprint density at radius 2 is 2.06 bits per heavy atom. The molecule has 0 saturated heterocycles. The summed E-state index contributed by atoms with van der Waals surface area (Å²) in [7, 11) is 1.78. The molecule has 0 unspecified atom stereocenters. The molecule has 18 heavy (non-hydrogen) atoms. The van der Waals surface area contributed by atoms with E-state index < -0.39 is 5.97 Å². The van der Waals surface area contributed by atoms with Crippen LogP contribution < -0.4 is 0 Å². The summed E-state index contributed by atoms with van der Waals surface area (Å²) in [5.74, 6) is -1.20. The van der Waals surface area contributed by atoms with Gasteiger partial charge in [-0.3, -0.25) is 14.3 Å². The van der Waals surface area contributed by atoms with Crippen LogP contribution in [-0.2, 0) is 11.8 Å². The number of amides is 1. The summed E-state index contributed by atoms with van der Waals surface area (Å²) in [5, 5.41) is 13.1. The van der Waals surface area contributed by atoms with Crippen molar-refractivity contribution in [2.75, 3.05) is 6.54 Å². The van der Waals surface area contributed by atoms with Crippen molar-refractivity contribution in [3.63, 3.8) is 0 Å². The van der Waals surface area contributed by atoms with Crippen molar-refractivity contribution in [3.05, 3.63) is 17.0 Å². The molecule has 0 aromatic carbocycles. The minimum absolute atomic E-state index is 0.0765. The van der Waals surface area contributed by atoms with Crippen LogP contribution in [0.5, 0.6) is 0 Å². The highest BCUT2D eigenvalue weighted by atomic mass is 16.4. The van der Waals surface area contributed by atoms with Crippen LogP contribution in [0.15, 0.2) is 0 Å². The third-order valence-electron chi connectivity index (χ3n) is 3.28. The normalized spacial score (nSPS) is 14.6. The second kappa shape index (κ2) is 4.44. The number of carboxylic acids is 1. The van der Waals surface area contributed by atoms with E-state index in [0.29, 0.717) is 11.3 Å². The number of carboxylic acid groups (broad SMARTS) is 1. The standard InChI is InChI=1S/C12H17N3O3/c1-7-11(8(2)14(3)13-7)12(18)15(6-10(16)17)9-4-5-9/h9H,4-6H2,1-3H3,(H,16,17). The molecule has 1 fully saturated rings. The fourth-order valence-electron chi connectivity index (χ4n) is 2.13. The van der Waals surface area contributed by atoms with Crippen molar-refractivity contribution in [1.29, 1.82) is 0 Å². The molecule has 6 heteroatoms. The first-order chi connectivity index (χ1) is 8.41. The van der Waals surface area contributed by atoms with Gasteiger partial charge in [0.1, 0.15) is 6.54 Å². The Kier molecular flexibility index (Phi) is 3.11. The van der Waals surface area contributed by atoms with Gasteiger partial charge in [0.2, 0.25) is 0 Å². The first kappa shape index (κ1) is 12.6. The van der Waals surface area contributed by atoms with Crippen molar-refractivity contribution < 1.29 is 14.7 Å². The van der Waals surface area contributed by atoms with E-state index in [1.807, 2.05) is 6.92 Å². The summed E-state index contributed by atoms with van der Waals surface area (Å²) >= 11 is 0. The highest BCUT2D eigenvalue weighted by Gasteiger charge is 2.36. The van der Waals surface area contributed by atoms with Crippen molar-refractivity contribution in [1.82, 2.24) is 14.7 Å². The Morgan fingerprint density at radius 3 is 2.44 bits per heavy atom. The molecule has 1 aliphatic rings. The Morgan fingerprint density at radius 1 is 1.44 bits per heavy atom. The van der Waals surface area contributed by atoms with Crippen LogP contribution in [0.3, 0.4) is 0 Å². The summed E-state index contributed by atoms with van der Waals surface area (Å²) < 4.78 is 1.65. The molecular weight excluding hydrogens is 234 g/mol. The first-order valence-electron chi connectivity index (χ1n) is 5.94. The van der Waals surface area contributed by atoms with Crippen LogP contribution in [0.4, 0.5) is 0 Å². The molecule has 1 aromatic rings. The largest absolute Gasteiger partial charge is 0.480 e. The fourth-order valence-corrected chi connectivity index (χ4v) is 2.13. The van der Waals surface area contributed by atoms with Crippen LogP contribution in [0.2, 0.25) is 0 Å². The Balaban J connectivity index is 2.30.